The van der Waals surface area contributed by atoms with Crippen LogP contribution in [-0.4, -0.2) is 29.0 Å². The first-order valence-electron chi connectivity index (χ1n) is 7.95. The van der Waals surface area contributed by atoms with Crippen LogP contribution in [0.3, 0.4) is 0 Å². The molecule has 0 radical (unpaired) electrons. The van der Waals surface area contributed by atoms with Crippen LogP contribution in [0.1, 0.15) is 35.5 Å². The maximum absolute atomic E-state index is 5.55. The smallest absolute Gasteiger partial charge is 0.216 e. The fraction of sp³-hybridized carbons (Fsp3) is 0.471. The van der Waals surface area contributed by atoms with E-state index in [0.717, 1.165) is 42.6 Å². The number of aryl methyl sites for hydroxylation is 3. The number of rotatable bonds is 6. The number of oxazole rings is 1. The molecule has 0 amide bonds. The predicted molar refractivity (Wildman–Crippen MR) is 107 cm³/mol. The fourth-order valence-electron chi connectivity index (χ4n) is 2.07. The molecule has 2 aromatic rings. The first-order valence-corrected chi connectivity index (χ1v) is 7.95. The van der Waals surface area contributed by atoms with Crippen LogP contribution in [0.25, 0.3) is 0 Å². The lowest BCUT2D eigenvalue weighted by Crippen LogP contribution is -2.38. The van der Waals surface area contributed by atoms with Gasteiger partial charge in [-0.25, -0.2) is 9.98 Å². The number of nitrogens with zero attached hydrogens (tertiary/aromatic N) is 3. The molecule has 6 nitrogen and oxygen atoms in total. The molecule has 0 aliphatic rings. The van der Waals surface area contributed by atoms with Gasteiger partial charge in [0.05, 0.1) is 5.69 Å². The SMILES string of the molecule is CCNC(=NCc1nc(C)c(C)o1)NCCc1ccc(C)nc1.I. The van der Waals surface area contributed by atoms with E-state index in [2.05, 4.69) is 31.7 Å². The highest BCUT2D eigenvalue weighted by Gasteiger charge is 2.05. The van der Waals surface area contributed by atoms with Crippen molar-refractivity contribution >= 4 is 29.9 Å². The topological polar surface area (TPSA) is 75.3 Å². The number of nitrogens with one attached hydrogen (secondary N) is 2. The zero-order valence-corrected chi connectivity index (χ0v) is 17.0. The van der Waals surface area contributed by atoms with Crippen molar-refractivity contribution in [1.29, 1.82) is 0 Å². The highest BCUT2D eigenvalue weighted by Crippen LogP contribution is 2.08. The van der Waals surface area contributed by atoms with Crippen molar-refractivity contribution in [2.75, 3.05) is 13.1 Å². The summed E-state index contributed by atoms with van der Waals surface area (Å²) in [5, 5.41) is 6.54. The first kappa shape index (κ1) is 20.4. The Hall–Kier alpha value is -1.64. The molecule has 2 aromatic heterocycles. The summed E-state index contributed by atoms with van der Waals surface area (Å²) in [6, 6.07) is 4.13. The van der Waals surface area contributed by atoms with Crippen molar-refractivity contribution in [1.82, 2.24) is 20.6 Å². The molecular formula is C17H26IN5O. The van der Waals surface area contributed by atoms with Gasteiger partial charge in [0.2, 0.25) is 5.89 Å². The first-order chi connectivity index (χ1) is 11.1. The van der Waals surface area contributed by atoms with E-state index in [1.165, 1.54) is 5.56 Å². The molecule has 2 N–H and O–H groups in total. The molecule has 0 aliphatic carbocycles. The molecule has 2 heterocycles. The molecule has 0 aromatic carbocycles. The van der Waals surface area contributed by atoms with Gasteiger partial charge < -0.3 is 15.1 Å². The second kappa shape index (κ2) is 10.3. The van der Waals surface area contributed by atoms with Crippen LogP contribution in [0.4, 0.5) is 0 Å². The molecule has 7 heteroatoms. The lowest BCUT2D eigenvalue weighted by molar-refractivity contribution is 0.473. The Morgan fingerprint density at radius 1 is 1.21 bits per heavy atom. The van der Waals surface area contributed by atoms with Crippen LogP contribution in [-0.2, 0) is 13.0 Å². The van der Waals surface area contributed by atoms with Gasteiger partial charge in [0.1, 0.15) is 12.3 Å². The summed E-state index contributed by atoms with van der Waals surface area (Å²) in [5.74, 6) is 2.25. The predicted octanol–water partition coefficient (Wildman–Crippen LogP) is 2.91. The van der Waals surface area contributed by atoms with E-state index in [9.17, 15) is 0 Å². The van der Waals surface area contributed by atoms with Crippen LogP contribution in [0, 0.1) is 20.8 Å². The molecule has 2 rings (SSSR count). The Bertz CT molecular complexity index is 632. The maximum atomic E-state index is 5.55. The maximum Gasteiger partial charge on any atom is 0.216 e. The summed E-state index contributed by atoms with van der Waals surface area (Å²) >= 11 is 0. The molecule has 0 fully saturated rings. The third-order valence-electron chi connectivity index (χ3n) is 3.47. The molecule has 24 heavy (non-hydrogen) atoms. The zero-order valence-electron chi connectivity index (χ0n) is 14.7. The number of hydrogen-bond donors (Lipinski definition) is 2. The molecular weight excluding hydrogens is 417 g/mol. The van der Waals surface area contributed by atoms with Gasteiger partial charge in [0.25, 0.3) is 0 Å². The van der Waals surface area contributed by atoms with E-state index in [4.69, 9.17) is 4.42 Å². The molecule has 0 spiro atoms. The average Bonchev–Trinajstić information content (AvgIpc) is 2.85. The van der Waals surface area contributed by atoms with E-state index in [1.807, 2.05) is 40.0 Å². The minimum Gasteiger partial charge on any atom is -0.444 e. The third kappa shape index (κ3) is 6.46. The quantitative estimate of drug-likeness (QED) is 0.408. The molecule has 132 valence electrons. The van der Waals surface area contributed by atoms with Crippen LogP contribution >= 0.6 is 24.0 Å². The van der Waals surface area contributed by atoms with E-state index < -0.39 is 0 Å². The number of aromatic nitrogens is 2. The van der Waals surface area contributed by atoms with Crippen molar-refractivity contribution in [2.24, 2.45) is 4.99 Å². The van der Waals surface area contributed by atoms with E-state index in [1.54, 1.807) is 0 Å². The van der Waals surface area contributed by atoms with Gasteiger partial charge in [0.15, 0.2) is 5.96 Å². The minimum absolute atomic E-state index is 0. The lowest BCUT2D eigenvalue weighted by atomic mass is 10.2. The number of halogens is 1. The number of pyridine rings is 1. The van der Waals surface area contributed by atoms with Crippen LogP contribution in [0.5, 0.6) is 0 Å². The fourth-order valence-corrected chi connectivity index (χ4v) is 2.07. The lowest BCUT2D eigenvalue weighted by Gasteiger charge is -2.10. The number of guanidine groups is 1. The normalized spacial score (nSPS) is 11.1. The second-order valence-electron chi connectivity index (χ2n) is 5.43. The molecule has 0 aliphatic heterocycles. The molecule has 0 bridgehead atoms. The van der Waals surface area contributed by atoms with Crippen molar-refractivity contribution in [3.05, 3.63) is 46.9 Å². The molecule has 0 unspecified atom stereocenters. The zero-order chi connectivity index (χ0) is 16.7. The Kier molecular flexibility index (Phi) is 8.73. The van der Waals surface area contributed by atoms with Crippen LogP contribution in [0.2, 0.25) is 0 Å². The summed E-state index contributed by atoms with van der Waals surface area (Å²) in [7, 11) is 0. The largest absolute Gasteiger partial charge is 0.444 e. The van der Waals surface area contributed by atoms with Crippen molar-refractivity contribution in [3.63, 3.8) is 0 Å². The average molecular weight is 443 g/mol. The van der Waals surface area contributed by atoms with Crippen LogP contribution in [0.15, 0.2) is 27.7 Å². The monoisotopic (exact) mass is 443 g/mol. The third-order valence-corrected chi connectivity index (χ3v) is 3.47. The summed E-state index contributed by atoms with van der Waals surface area (Å²) in [6.07, 6.45) is 2.81. The highest BCUT2D eigenvalue weighted by molar-refractivity contribution is 14.0. The van der Waals surface area contributed by atoms with Gasteiger partial charge in [-0.1, -0.05) is 6.07 Å². The summed E-state index contributed by atoms with van der Waals surface area (Å²) < 4.78 is 5.55. The van der Waals surface area contributed by atoms with E-state index >= 15 is 0 Å². The van der Waals surface area contributed by atoms with E-state index in [0.29, 0.717) is 12.4 Å². The van der Waals surface area contributed by atoms with Gasteiger partial charge in [-0.05, 0) is 45.7 Å². The minimum atomic E-state index is 0. The Morgan fingerprint density at radius 2 is 2.00 bits per heavy atom. The number of hydrogen-bond acceptors (Lipinski definition) is 4. The van der Waals surface area contributed by atoms with Gasteiger partial charge >= 0.3 is 0 Å². The summed E-state index contributed by atoms with van der Waals surface area (Å²) in [4.78, 5) is 13.2. The highest BCUT2D eigenvalue weighted by atomic mass is 127. The Balaban J connectivity index is 0.00000288. The van der Waals surface area contributed by atoms with Crippen molar-refractivity contribution in [2.45, 2.75) is 40.7 Å². The van der Waals surface area contributed by atoms with Crippen molar-refractivity contribution in [3.8, 4) is 0 Å². The van der Waals surface area contributed by atoms with Crippen LogP contribution < -0.4 is 10.6 Å². The summed E-state index contributed by atoms with van der Waals surface area (Å²) in [5.41, 5.74) is 3.16. The molecule has 0 saturated carbocycles. The Morgan fingerprint density at radius 3 is 2.58 bits per heavy atom. The van der Waals surface area contributed by atoms with Gasteiger partial charge in [-0.3, -0.25) is 4.98 Å². The van der Waals surface area contributed by atoms with Gasteiger partial charge in [0, 0.05) is 25.0 Å². The van der Waals surface area contributed by atoms with Gasteiger partial charge in [-0.15, -0.1) is 24.0 Å². The summed E-state index contributed by atoms with van der Waals surface area (Å²) in [6.45, 7) is 9.90. The van der Waals surface area contributed by atoms with Crippen molar-refractivity contribution < 1.29 is 4.42 Å². The molecule has 0 atom stereocenters. The van der Waals surface area contributed by atoms with Gasteiger partial charge in [-0.2, -0.15) is 0 Å². The number of aliphatic imine (C=N–C) groups is 1. The Labute approximate surface area is 160 Å². The standard InChI is InChI=1S/C17H25N5O.HI/c1-5-18-17(21-11-16-22-13(3)14(4)23-16)19-9-8-15-7-6-12(2)20-10-15;/h6-7,10H,5,8-9,11H2,1-4H3,(H2,18,19,21);1H. The van der Waals surface area contributed by atoms with E-state index in [-0.39, 0.29) is 24.0 Å². The molecule has 0 saturated heterocycles. The second-order valence-corrected chi connectivity index (χ2v) is 5.43.